The lowest BCUT2D eigenvalue weighted by Crippen LogP contribution is -2.15. The average Bonchev–Trinajstić information content (AvgIpc) is 3.36. The second kappa shape index (κ2) is 35.5. The van der Waals surface area contributed by atoms with Gasteiger partial charge in [0.25, 0.3) is 0 Å². The van der Waals surface area contributed by atoms with Gasteiger partial charge in [-0.25, -0.2) is 14.4 Å². The van der Waals surface area contributed by atoms with Crippen LogP contribution >= 0.6 is 0 Å². The van der Waals surface area contributed by atoms with Crippen molar-refractivity contribution in [3.05, 3.63) is 87.5 Å². The molecule has 0 bridgehead atoms. The summed E-state index contributed by atoms with van der Waals surface area (Å²) in [5.41, 5.74) is 1.95. The van der Waals surface area contributed by atoms with Gasteiger partial charge in [0.1, 0.15) is 12.3 Å². The first kappa shape index (κ1) is 59.7. The standard InChI is InChI=1S/C56H75N5O11/c1-8-12-14-16-18-22-30-70-55(65)49-40-51(57-42(5)62)46(28-26-44-24-20-21-25-48(44)54(64)72-37-36-69-35-34-68-33-32-67-7)38-45(49)27-29-47-39-53(59-60-61(10-3)11-4)50(41-52(47)58-43(6)63)56(66)71-31-23-19-17-15-13-9-2/h20-21,24-25,38-41H,8-19,22-23,30-37H2,1-7H3,(H,57,62)(H,58,63). The molecule has 0 saturated heterocycles. The van der Waals surface area contributed by atoms with Crippen LogP contribution < -0.4 is 10.6 Å². The molecule has 0 aliphatic heterocycles. The van der Waals surface area contributed by atoms with Gasteiger partial charge in [0.2, 0.25) is 11.8 Å². The van der Waals surface area contributed by atoms with E-state index in [-0.39, 0.29) is 76.9 Å². The van der Waals surface area contributed by atoms with Crippen molar-refractivity contribution >= 4 is 46.8 Å². The van der Waals surface area contributed by atoms with E-state index in [1.54, 1.807) is 42.5 Å². The third-order valence-electron chi connectivity index (χ3n) is 10.9. The molecule has 0 radical (unpaired) electrons. The zero-order valence-corrected chi connectivity index (χ0v) is 43.5. The molecule has 3 aromatic carbocycles. The summed E-state index contributed by atoms with van der Waals surface area (Å²) < 4.78 is 32.8. The maximum atomic E-state index is 14.0. The van der Waals surface area contributed by atoms with E-state index in [4.69, 9.17) is 28.4 Å². The number of benzene rings is 3. The van der Waals surface area contributed by atoms with Crippen LogP contribution in [0.4, 0.5) is 17.1 Å². The van der Waals surface area contributed by atoms with Gasteiger partial charge >= 0.3 is 17.9 Å². The summed E-state index contributed by atoms with van der Waals surface area (Å²) in [6.45, 7) is 14.1. The Morgan fingerprint density at radius 1 is 0.500 bits per heavy atom. The summed E-state index contributed by atoms with van der Waals surface area (Å²) in [6.07, 6.45) is 12.0. The monoisotopic (exact) mass is 994 g/mol. The molecule has 3 aromatic rings. The number of carbonyl (C=O) groups is 5. The van der Waals surface area contributed by atoms with Crippen LogP contribution in [0, 0.1) is 23.7 Å². The fraction of sp³-hybridized carbons (Fsp3) is 0.518. The number of nitrogens with zero attached hydrogens (tertiary/aromatic N) is 3. The molecule has 2 amide bonds. The number of unbranched alkanes of at least 4 members (excludes halogenated alkanes) is 10. The number of methoxy groups -OCH3 is 1. The van der Waals surface area contributed by atoms with Gasteiger partial charge in [-0.15, -0.1) is 5.11 Å². The third-order valence-corrected chi connectivity index (χ3v) is 10.9. The lowest BCUT2D eigenvalue weighted by molar-refractivity contribution is -0.115. The molecular formula is C56H75N5O11. The fourth-order valence-electron chi connectivity index (χ4n) is 6.99. The first-order chi connectivity index (χ1) is 34.9. The Hall–Kier alpha value is -6.59. The van der Waals surface area contributed by atoms with E-state index in [0.717, 1.165) is 64.2 Å². The molecule has 0 fully saturated rings. The summed E-state index contributed by atoms with van der Waals surface area (Å²) >= 11 is 0. The molecule has 0 unspecified atom stereocenters. The number of amides is 2. The summed E-state index contributed by atoms with van der Waals surface area (Å²) in [4.78, 5) is 66.2. The average molecular weight is 994 g/mol. The Labute approximate surface area is 426 Å². The van der Waals surface area contributed by atoms with Crippen LogP contribution in [0.3, 0.4) is 0 Å². The van der Waals surface area contributed by atoms with Gasteiger partial charge in [-0.1, -0.05) is 119 Å². The zero-order valence-electron chi connectivity index (χ0n) is 43.5. The van der Waals surface area contributed by atoms with E-state index >= 15 is 0 Å². The summed E-state index contributed by atoms with van der Waals surface area (Å²) in [5, 5.41) is 16.1. The van der Waals surface area contributed by atoms with Crippen molar-refractivity contribution in [3.8, 4) is 23.7 Å². The SMILES string of the molecule is CCCCCCCCOC(=O)c1cc(NC(C)=O)c(C#Cc2ccccc2C(=O)OCCOCCOCCOC)cc1C#Cc1cc(N=NN(CC)CC)c(C(=O)OCCCCCCCC)cc1NC(C)=O. The summed E-state index contributed by atoms with van der Waals surface area (Å²) in [6, 6.07) is 12.7. The molecule has 0 atom stereocenters. The minimum absolute atomic E-state index is 0.000206. The van der Waals surface area contributed by atoms with Gasteiger partial charge in [-0.2, -0.15) is 0 Å². The van der Waals surface area contributed by atoms with Crippen LogP contribution in [0.15, 0.2) is 58.9 Å². The third kappa shape index (κ3) is 22.7. The molecule has 0 aromatic heterocycles. The van der Waals surface area contributed by atoms with Crippen molar-refractivity contribution < 1.29 is 52.4 Å². The van der Waals surface area contributed by atoms with Gasteiger partial charge in [-0.05, 0) is 63.1 Å². The highest BCUT2D eigenvalue weighted by atomic mass is 16.6. The molecule has 0 saturated carbocycles. The molecule has 0 heterocycles. The highest BCUT2D eigenvalue weighted by Gasteiger charge is 2.20. The molecule has 16 nitrogen and oxygen atoms in total. The van der Waals surface area contributed by atoms with E-state index in [2.05, 4.69) is 58.5 Å². The van der Waals surface area contributed by atoms with E-state index in [1.165, 1.54) is 32.0 Å². The number of hydrogen-bond donors (Lipinski definition) is 2. The number of hydrogen-bond acceptors (Lipinski definition) is 13. The smallest absolute Gasteiger partial charge is 0.340 e. The van der Waals surface area contributed by atoms with Crippen molar-refractivity contribution in [2.45, 2.75) is 119 Å². The minimum atomic E-state index is -0.672. The van der Waals surface area contributed by atoms with Gasteiger partial charge in [-0.3, -0.25) is 14.6 Å². The highest BCUT2D eigenvalue weighted by molar-refractivity contribution is 6.00. The lowest BCUT2D eigenvalue weighted by atomic mass is 10.00. The van der Waals surface area contributed by atoms with Crippen LogP contribution in [0.25, 0.3) is 0 Å². The normalized spacial score (nSPS) is 10.7. The van der Waals surface area contributed by atoms with Crippen molar-refractivity contribution in [2.24, 2.45) is 10.3 Å². The van der Waals surface area contributed by atoms with Crippen molar-refractivity contribution in [2.75, 3.05) is 83.7 Å². The van der Waals surface area contributed by atoms with E-state index in [0.29, 0.717) is 57.9 Å². The number of nitrogens with one attached hydrogen (secondary N) is 2. The quantitative estimate of drug-likeness (QED) is 0.0150. The molecular weight excluding hydrogens is 919 g/mol. The van der Waals surface area contributed by atoms with Gasteiger partial charge in [0.15, 0.2) is 0 Å². The maximum Gasteiger partial charge on any atom is 0.340 e. The number of esters is 3. The predicted octanol–water partition coefficient (Wildman–Crippen LogP) is 10.6. The topological polar surface area (TPSA) is 193 Å². The molecule has 0 aliphatic carbocycles. The Kier molecular flexibility index (Phi) is 29.4. The van der Waals surface area contributed by atoms with Crippen molar-refractivity contribution in [3.63, 3.8) is 0 Å². The van der Waals surface area contributed by atoms with Crippen LogP contribution in [0.1, 0.15) is 172 Å². The number of rotatable bonds is 32. The van der Waals surface area contributed by atoms with Crippen molar-refractivity contribution in [1.29, 1.82) is 0 Å². The zero-order chi connectivity index (χ0) is 52.4. The first-order valence-corrected chi connectivity index (χ1v) is 25.3. The Morgan fingerprint density at radius 2 is 0.958 bits per heavy atom. The number of carbonyl (C=O) groups excluding carboxylic acids is 5. The first-order valence-electron chi connectivity index (χ1n) is 25.3. The van der Waals surface area contributed by atoms with E-state index in [1.807, 2.05) is 13.8 Å². The second-order valence-electron chi connectivity index (χ2n) is 16.8. The Morgan fingerprint density at radius 3 is 1.53 bits per heavy atom. The van der Waals surface area contributed by atoms with E-state index < -0.39 is 29.7 Å². The summed E-state index contributed by atoms with van der Waals surface area (Å²) in [5.74, 6) is 9.55. The minimum Gasteiger partial charge on any atom is -0.462 e. The molecule has 72 heavy (non-hydrogen) atoms. The maximum absolute atomic E-state index is 14.0. The Balaban J connectivity index is 2.15. The number of ether oxygens (including phenoxy) is 6. The largest absolute Gasteiger partial charge is 0.462 e. The molecule has 3 rings (SSSR count). The summed E-state index contributed by atoms with van der Waals surface area (Å²) in [7, 11) is 1.59. The van der Waals surface area contributed by atoms with Crippen molar-refractivity contribution in [1.82, 2.24) is 5.01 Å². The second-order valence-corrected chi connectivity index (χ2v) is 16.8. The molecule has 16 heteroatoms. The lowest BCUT2D eigenvalue weighted by Gasteiger charge is -2.14. The van der Waals surface area contributed by atoms with Crippen LogP contribution in [-0.4, -0.2) is 108 Å². The van der Waals surface area contributed by atoms with Gasteiger partial charge in [0, 0.05) is 50.7 Å². The molecule has 390 valence electrons. The molecule has 2 N–H and O–H groups in total. The molecule has 0 spiro atoms. The predicted molar refractivity (Wildman–Crippen MR) is 278 cm³/mol. The highest BCUT2D eigenvalue weighted by Crippen LogP contribution is 2.30. The molecule has 0 aliphatic rings. The van der Waals surface area contributed by atoms with Gasteiger partial charge in [0.05, 0.1) is 79.9 Å². The van der Waals surface area contributed by atoms with Crippen LogP contribution in [-0.2, 0) is 38.0 Å². The Bertz CT molecular complexity index is 2360. The van der Waals surface area contributed by atoms with Gasteiger partial charge < -0.3 is 39.1 Å². The van der Waals surface area contributed by atoms with Crippen LogP contribution in [0.5, 0.6) is 0 Å². The van der Waals surface area contributed by atoms with Crippen LogP contribution in [0.2, 0.25) is 0 Å². The van der Waals surface area contributed by atoms with E-state index in [9.17, 15) is 24.0 Å². The fourth-order valence-corrected chi connectivity index (χ4v) is 6.99. The number of anilines is 2.